The molecular weight excluding hydrogens is 266 g/mol. The summed E-state index contributed by atoms with van der Waals surface area (Å²) in [5.74, 6) is 0. The van der Waals surface area contributed by atoms with Gasteiger partial charge in [-0.05, 0) is 25.0 Å². The second-order valence-electron chi connectivity index (χ2n) is 5.54. The van der Waals surface area contributed by atoms with Crippen LogP contribution in [0, 0.1) is 6.92 Å². The molecule has 1 aromatic heterocycles. The van der Waals surface area contributed by atoms with Crippen molar-refractivity contribution in [1.29, 1.82) is 0 Å². The first kappa shape index (κ1) is 14.3. The van der Waals surface area contributed by atoms with Gasteiger partial charge in [-0.15, -0.1) is 0 Å². The molecule has 1 saturated heterocycles. The van der Waals surface area contributed by atoms with Gasteiger partial charge in [-0.3, -0.25) is 5.10 Å². The maximum atomic E-state index is 10.3. The van der Waals surface area contributed by atoms with Gasteiger partial charge in [-0.25, -0.2) is 0 Å². The summed E-state index contributed by atoms with van der Waals surface area (Å²) in [6.45, 7) is 3.27. The number of aromatic nitrogens is 2. The smallest absolute Gasteiger partial charge is 0.114 e. The van der Waals surface area contributed by atoms with Crippen LogP contribution in [0.15, 0.2) is 36.5 Å². The lowest BCUT2D eigenvalue weighted by atomic mass is 10.0. The fourth-order valence-electron chi connectivity index (χ4n) is 2.79. The molecule has 0 spiro atoms. The molecule has 0 saturated carbocycles. The van der Waals surface area contributed by atoms with E-state index in [9.17, 15) is 5.11 Å². The fourth-order valence-corrected chi connectivity index (χ4v) is 2.79. The van der Waals surface area contributed by atoms with Crippen LogP contribution in [0.1, 0.15) is 35.4 Å². The van der Waals surface area contributed by atoms with Crippen LogP contribution in [0.2, 0.25) is 0 Å². The molecule has 1 aromatic carbocycles. The first-order valence-corrected chi connectivity index (χ1v) is 7.33. The van der Waals surface area contributed by atoms with E-state index in [2.05, 4.69) is 15.5 Å². The Labute approximate surface area is 124 Å². The van der Waals surface area contributed by atoms with Gasteiger partial charge in [0.15, 0.2) is 0 Å². The molecule has 2 heterocycles. The van der Waals surface area contributed by atoms with Crippen molar-refractivity contribution in [2.24, 2.45) is 0 Å². The number of aromatic amines is 1. The van der Waals surface area contributed by atoms with Crippen molar-refractivity contribution in [3.05, 3.63) is 53.3 Å². The fraction of sp³-hybridized carbons (Fsp3) is 0.438. The lowest BCUT2D eigenvalue weighted by Crippen LogP contribution is -2.35. The normalized spacial score (nSPS) is 23.3. The van der Waals surface area contributed by atoms with E-state index in [0.717, 1.165) is 29.8 Å². The van der Waals surface area contributed by atoms with Crippen molar-refractivity contribution in [1.82, 2.24) is 15.5 Å². The molecule has 1 unspecified atom stereocenters. The van der Waals surface area contributed by atoms with Gasteiger partial charge >= 0.3 is 0 Å². The van der Waals surface area contributed by atoms with Crippen LogP contribution in [-0.4, -0.2) is 34.5 Å². The van der Waals surface area contributed by atoms with Crippen molar-refractivity contribution in [3.63, 3.8) is 0 Å². The summed E-state index contributed by atoms with van der Waals surface area (Å²) < 4.78 is 5.75. The van der Waals surface area contributed by atoms with Gasteiger partial charge in [-0.1, -0.05) is 29.8 Å². The molecule has 5 nitrogen and oxygen atoms in total. The van der Waals surface area contributed by atoms with Gasteiger partial charge in [0.05, 0.1) is 11.8 Å². The summed E-state index contributed by atoms with van der Waals surface area (Å²) in [7, 11) is 0. The highest BCUT2D eigenvalue weighted by atomic mass is 16.5. The zero-order chi connectivity index (χ0) is 14.7. The Morgan fingerprint density at radius 2 is 2.38 bits per heavy atom. The molecule has 3 N–H and O–H groups in total. The van der Waals surface area contributed by atoms with E-state index < -0.39 is 6.10 Å². The summed E-state index contributed by atoms with van der Waals surface area (Å²) in [4.78, 5) is 0. The molecule has 0 aliphatic carbocycles. The maximum Gasteiger partial charge on any atom is 0.114 e. The zero-order valence-corrected chi connectivity index (χ0v) is 12.1. The molecule has 1 aliphatic rings. The Bertz CT molecular complexity index is 571. The van der Waals surface area contributed by atoms with E-state index >= 15 is 0 Å². The average molecular weight is 287 g/mol. The quantitative estimate of drug-likeness (QED) is 0.785. The molecule has 1 fully saturated rings. The van der Waals surface area contributed by atoms with Crippen LogP contribution in [0.25, 0.3) is 0 Å². The lowest BCUT2D eigenvalue weighted by molar-refractivity contribution is 0.0902. The summed E-state index contributed by atoms with van der Waals surface area (Å²) >= 11 is 0. The monoisotopic (exact) mass is 287 g/mol. The Morgan fingerprint density at radius 1 is 1.48 bits per heavy atom. The number of nitrogens with one attached hydrogen (secondary N) is 2. The molecule has 0 amide bonds. The van der Waals surface area contributed by atoms with Crippen molar-refractivity contribution in [2.45, 2.75) is 31.6 Å². The summed E-state index contributed by atoms with van der Waals surface area (Å²) in [6.07, 6.45) is 2.14. The maximum absolute atomic E-state index is 10.3. The van der Waals surface area contributed by atoms with E-state index in [-0.39, 0.29) is 12.1 Å². The Balaban J connectivity index is 1.59. The van der Waals surface area contributed by atoms with E-state index in [1.807, 2.05) is 37.3 Å². The highest BCUT2D eigenvalue weighted by molar-refractivity contribution is 5.24. The molecule has 3 atom stereocenters. The van der Waals surface area contributed by atoms with Gasteiger partial charge in [0.2, 0.25) is 0 Å². The number of aryl methyl sites for hydroxylation is 1. The van der Waals surface area contributed by atoms with E-state index in [1.165, 1.54) is 0 Å². The third kappa shape index (κ3) is 3.32. The summed E-state index contributed by atoms with van der Waals surface area (Å²) in [6, 6.07) is 10.1. The molecule has 2 aromatic rings. The number of ether oxygens (including phenoxy) is 1. The van der Waals surface area contributed by atoms with Crippen LogP contribution in [0.3, 0.4) is 0 Å². The molecule has 21 heavy (non-hydrogen) atoms. The van der Waals surface area contributed by atoms with Crippen molar-refractivity contribution >= 4 is 0 Å². The minimum atomic E-state index is -0.507. The number of nitrogens with zero attached hydrogens (tertiary/aromatic N) is 1. The van der Waals surface area contributed by atoms with Gasteiger partial charge < -0.3 is 15.2 Å². The molecule has 112 valence electrons. The molecule has 3 rings (SSSR count). The number of aliphatic hydroxyl groups excluding tert-OH is 1. The highest BCUT2D eigenvalue weighted by Gasteiger charge is 2.30. The summed E-state index contributed by atoms with van der Waals surface area (Å²) in [5.41, 5.74) is 3.08. The number of aliphatic hydroxyl groups is 1. The van der Waals surface area contributed by atoms with E-state index in [0.29, 0.717) is 6.54 Å². The predicted molar refractivity (Wildman–Crippen MR) is 79.8 cm³/mol. The third-order valence-corrected chi connectivity index (χ3v) is 3.92. The van der Waals surface area contributed by atoms with E-state index in [4.69, 9.17) is 4.74 Å². The van der Waals surface area contributed by atoms with Crippen molar-refractivity contribution < 1.29 is 9.84 Å². The topological polar surface area (TPSA) is 70.2 Å². The van der Waals surface area contributed by atoms with Gasteiger partial charge in [0.25, 0.3) is 0 Å². The summed E-state index contributed by atoms with van der Waals surface area (Å²) in [5, 5.41) is 20.6. The number of hydrogen-bond donors (Lipinski definition) is 3. The second-order valence-corrected chi connectivity index (χ2v) is 5.54. The molecule has 0 radical (unpaired) electrons. The van der Waals surface area contributed by atoms with Crippen LogP contribution >= 0.6 is 0 Å². The number of hydrogen-bond acceptors (Lipinski definition) is 4. The van der Waals surface area contributed by atoms with Crippen LogP contribution in [0.5, 0.6) is 0 Å². The SMILES string of the molecule is Cc1cccc(C(O)CN[C@@H]2CCO[C@H]2c2ccn[nH]2)c1. The van der Waals surface area contributed by atoms with Crippen LogP contribution in [0.4, 0.5) is 0 Å². The number of H-pyrrole nitrogens is 1. The van der Waals surface area contributed by atoms with Crippen LogP contribution in [-0.2, 0) is 4.74 Å². The van der Waals surface area contributed by atoms with Gasteiger partial charge in [0, 0.05) is 25.4 Å². The molecular formula is C16H21N3O2. The zero-order valence-electron chi connectivity index (χ0n) is 12.1. The Morgan fingerprint density at radius 3 is 3.14 bits per heavy atom. The van der Waals surface area contributed by atoms with Crippen molar-refractivity contribution in [3.8, 4) is 0 Å². The first-order chi connectivity index (χ1) is 10.2. The third-order valence-electron chi connectivity index (χ3n) is 3.92. The highest BCUT2D eigenvalue weighted by Crippen LogP contribution is 2.28. The molecule has 0 bridgehead atoms. The predicted octanol–water partition coefficient (Wildman–Crippen LogP) is 1.87. The number of rotatable bonds is 5. The Kier molecular flexibility index (Phi) is 4.34. The largest absolute Gasteiger partial charge is 0.387 e. The molecule has 1 aliphatic heterocycles. The van der Waals surface area contributed by atoms with Crippen LogP contribution < -0.4 is 5.32 Å². The van der Waals surface area contributed by atoms with Gasteiger partial charge in [0.1, 0.15) is 6.10 Å². The Hall–Kier alpha value is -1.69. The standard InChI is InChI=1S/C16H21N3O2/c1-11-3-2-4-12(9-11)15(20)10-17-13-6-8-21-16(13)14-5-7-18-19-14/h2-5,7,9,13,15-17,20H,6,8,10H2,1H3,(H,18,19)/t13-,15?,16-/m1/s1. The minimum absolute atomic E-state index is 0.0165. The minimum Gasteiger partial charge on any atom is -0.387 e. The van der Waals surface area contributed by atoms with Crippen molar-refractivity contribution in [2.75, 3.05) is 13.2 Å². The second kappa shape index (κ2) is 6.39. The van der Waals surface area contributed by atoms with Gasteiger partial charge in [-0.2, -0.15) is 5.10 Å². The molecule has 5 heteroatoms. The average Bonchev–Trinajstić information content (AvgIpc) is 3.15. The first-order valence-electron chi connectivity index (χ1n) is 7.33. The van der Waals surface area contributed by atoms with E-state index in [1.54, 1.807) is 6.20 Å². The lowest BCUT2D eigenvalue weighted by Gasteiger charge is -2.21. The number of benzene rings is 1.